The number of imidazole rings is 1. The predicted molar refractivity (Wildman–Crippen MR) is 68.8 cm³/mol. The van der Waals surface area contributed by atoms with Gasteiger partial charge < -0.3 is 9.88 Å². The van der Waals surface area contributed by atoms with Gasteiger partial charge in [0.2, 0.25) is 5.91 Å². The molecule has 2 rings (SSSR count). The number of amides is 1. The summed E-state index contributed by atoms with van der Waals surface area (Å²) in [6.07, 6.45) is 3.75. The number of hydrogen-bond acceptors (Lipinski definition) is 4. The molecule has 0 radical (unpaired) electrons. The van der Waals surface area contributed by atoms with E-state index < -0.39 is 10.0 Å². The third kappa shape index (κ3) is 2.95. The molecule has 2 heterocycles. The molecule has 0 unspecified atom stereocenters. The minimum Gasteiger partial charge on any atom is -0.341 e. The van der Waals surface area contributed by atoms with Crippen molar-refractivity contribution >= 4 is 15.9 Å². The van der Waals surface area contributed by atoms with Gasteiger partial charge in [-0.3, -0.25) is 4.79 Å². The molecule has 1 aliphatic heterocycles. The summed E-state index contributed by atoms with van der Waals surface area (Å²) in [6, 6.07) is 0. The molecule has 1 saturated heterocycles. The first kappa shape index (κ1) is 14.0. The maximum absolute atomic E-state index is 12.3. The summed E-state index contributed by atoms with van der Waals surface area (Å²) >= 11 is 0. The number of rotatable bonds is 3. The minimum atomic E-state index is -3.52. The second-order valence-electron chi connectivity index (χ2n) is 4.41. The third-order valence-electron chi connectivity index (χ3n) is 3.20. The first-order valence-electron chi connectivity index (χ1n) is 6.32. The maximum Gasteiger partial charge on any atom is 0.260 e. The molecule has 1 N–H and O–H groups in total. The van der Waals surface area contributed by atoms with Gasteiger partial charge in [0.05, 0.1) is 12.5 Å². The van der Waals surface area contributed by atoms with Crippen LogP contribution in [0.25, 0.3) is 0 Å². The van der Waals surface area contributed by atoms with E-state index in [1.807, 2.05) is 6.92 Å². The van der Waals surface area contributed by atoms with E-state index in [1.54, 1.807) is 4.90 Å². The lowest BCUT2D eigenvalue weighted by Gasteiger charge is -2.20. The van der Waals surface area contributed by atoms with Crippen LogP contribution >= 0.6 is 0 Å². The summed E-state index contributed by atoms with van der Waals surface area (Å²) in [4.78, 5) is 19.7. The van der Waals surface area contributed by atoms with Crippen molar-refractivity contribution in [3.05, 3.63) is 12.5 Å². The molecular formula is C11H18N4O3S. The lowest BCUT2D eigenvalue weighted by molar-refractivity contribution is -0.130. The monoisotopic (exact) mass is 286 g/mol. The Hall–Kier alpha value is -1.41. The number of nitrogens with zero attached hydrogens (tertiary/aromatic N) is 3. The topological polar surface area (TPSA) is 86.4 Å². The van der Waals surface area contributed by atoms with Crippen molar-refractivity contribution < 1.29 is 13.2 Å². The molecule has 106 valence electrons. The van der Waals surface area contributed by atoms with E-state index in [0.717, 1.165) is 0 Å². The van der Waals surface area contributed by atoms with Gasteiger partial charge in [0, 0.05) is 32.6 Å². The molecule has 19 heavy (non-hydrogen) atoms. The molecule has 8 heteroatoms. The van der Waals surface area contributed by atoms with Crippen molar-refractivity contribution in [2.45, 2.75) is 24.8 Å². The van der Waals surface area contributed by atoms with E-state index in [-0.39, 0.29) is 10.9 Å². The molecule has 0 aliphatic carbocycles. The van der Waals surface area contributed by atoms with Gasteiger partial charge in [0.25, 0.3) is 10.0 Å². The lowest BCUT2D eigenvalue weighted by atomic mass is 10.3. The van der Waals surface area contributed by atoms with Gasteiger partial charge in [-0.25, -0.2) is 13.4 Å². The van der Waals surface area contributed by atoms with Crippen LogP contribution in [-0.2, 0) is 14.8 Å². The van der Waals surface area contributed by atoms with Gasteiger partial charge in [-0.1, -0.05) is 6.92 Å². The smallest absolute Gasteiger partial charge is 0.260 e. The van der Waals surface area contributed by atoms with Gasteiger partial charge in [-0.15, -0.1) is 0 Å². The third-order valence-corrected chi connectivity index (χ3v) is 5.03. The van der Waals surface area contributed by atoms with Crippen LogP contribution in [0.15, 0.2) is 17.6 Å². The highest BCUT2D eigenvalue weighted by atomic mass is 32.2. The molecule has 0 bridgehead atoms. The molecule has 1 aromatic heterocycles. The van der Waals surface area contributed by atoms with Crippen LogP contribution in [0.5, 0.6) is 0 Å². The molecule has 1 aliphatic rings. The second kappa shape index (κ2) is 5.70. The maximum atomic E-state index is 12.3. The number of carbonyl (C=O) groups is 1. The Kier molecular flexibility index (Phi) is 4.20. The van der Waals surface area contributed by atoms with Crippen molar-refractivity contribution in [3.63, 3.8) is 0 Å². The van der Waals surface area contributed by atoms with Crippen LogP contribution < -0.4 is 0 Å². The van der Waals surface area contributed by atoms with Crippen molar-refractivity contribution in [1.82, 2.24) is 19.2 Å². The van der Waals surface area contributed by atoms with E-state index in [0.29, 0.717) is 39.0 Å². The van der Waals surface area contributed by atoms with E-state index >= 15 is 0 Å². The first-order chi connectivity index (χ1) is 9.05. The van der Waals surface area contributed by atoms with Gasteiger partial charge in [-0.05, 0) is 6.42 Å². The lowest BCUT2D eigenvalue weighted by Crippen LogP contribution is -2.37. The number of sulfonamides is 1. The van der Waals surface area contributed by atoms with Gasteiger partial charge >= 0.3 is 0 Å². The van der Waals surface area contributed by atoms with E-state index in [1.165, 1.54) is 16.8 Å². The molecule has 0 atom stereocenters. The molecule has 7 nitrogen and oxygen atoms in total. The van der Waals surface area contributed by atoms with Gasteiger partial charge in [0.15, 0.2) is 5.03 Å². The van der Waals surface area contributed by atoms with Crippen LogP contribution in [0.1, 0.15) is 19.8 Å². The fourth-order valence-corrected chi connectivity index (χ4v) is 3.50. The number of aromatic amines is 1. The van der Waals surface area contributed by atoms with Crippen LogP contribution in [0, 0.1) is 0 Å². The second-order valence-corrected chi connectivity index (χ2v) is 6.31. The van der Waals surface area contributed by atoms with Crippen molar-refractivity contribution in [1.29, 1.82) is 0 Å². The largest absolute Gasteiger partial charge is 0.341 e. The summed E-state index contributed by atoms with van der Waals surface area (Å²) in [5.41, 5.74) is 0. The standard InChI is InChI=1S/C11H18N4O3S/c1-2-11(16)14-4-3-5-15(7-6-14)19(17,18)10-8-12-9-13-10/h8-9H,2-7H2,1H3,(H,12,13). The Bertz CT molecular complexity index is 526. The molecule has 0 spiro atoms. The quantitative estimate of drug-likeness (QED) is 0.850. The molecule has 0 saturated carbocycles. The van der Waals surface area contributed by atoms with Crippen molar-refractivity contribution in [3.8, 4) is 0 Å². The summed E-state index contributed by atoms with van der Waals surface area (Å²) in [6.45, 7) is 3.62. The van der Waals surface area contributed by atoms with Crippen LogP contribution in [-0.4, -0.2) is 59.7 Å². The number of nitrogens with one attached hydrogen (secondary N) is 1. The molecule has 0 aromatic carbocycles. The highest BCUT2D eigenvalue weighted by Gasteiger charge is 2.28. The van der Waals surface area contributed by atoms with Crippen LogP contribution in [0.2, 0.25) is 0 Å². The predicted octanol–water partition coefficient (Wildman–Crippen LogP) is 0.0427. The zero-order valence-electron chi connectivity index (χ0n) is 10.9. The highest BCUT2D eigenvalue weighted by Crippen LogP contribution is 2.15. The Morgan fingerprint density at radius 1 is 1.37 bits per heavy atom. The normalized spacial score (nSPS) is 18.3. The Morgan fingerprint density at radius 3 is 2.79 bits per heavy atom. The Labute approximate surface area is 112 Å². The van der Waals surface area contributed by atoms with Crippen LogP contribution in [0.4, 0.5) is 0 Å². The van der Waals surface area contributed by atoms with E-state index in [4.69, 9.17) is 0 Å². The minimum absolute atomic E-state index is 0.0702. The zero-order valence-corrected chi connectivity index (χ0v) is 11.7. The number of aromatic nitrogens is 2. The summed E-state index contributed by atoms with van der Waals surface area (Å²) in [7, 11) is -3.52. The summed E-state index contributed by atoms with van der Waals surface area (Å²) in [5, 5.41) is 0.0998. The summed E-state index contributed by atoms with van der Waals surface area (Å²) < 4.78 is 26.0. The average molecular weight is 286 g/mol. The average Bonchev–Trinajstić information content (AvgIpc) is 2.83. The van der Waals surface area contributed by atoms with Crippen molar-refractivity contribution in [2.75, 3.05) is 26.2 Å². The molecule has 1 amide bonds. The zero-order chi connectivity index (χ0) is 13.9. The van der Waals surface area contributed by atoms with Gasteiger partial charge in [-0.2, -0.15) is 4.31 Å². The summed E-state index contributed by atoms with van der Waals surface area (Å²) in [5.74, 6) is 0.0702. The number of hydrogen-bond donors (Lipinski definition) is 1. The van der Waals surface area contributed by atoms with E-state index in [9.17, 15) is 13.2 Å². The van der Waals surface area contributed by atoms with Crippen molar-refractivity contribution in [2.24, 2.45) is 0 Å². The fraction of sp³-hybridized carbons (Fsp3) is 0.636. The first-order valence-corrected chi connectivity index (χ1v) is 7.76. The molecular weight excluding hydrogens is 268 g/mol. The fourth-order valence-electron chi connectivity index (χ4n) is 2.13. The SMILES string of the molecule is CCC(=O)N1CCCN(S(=O)(=O)c2cnc[nH]2)CC1. The van der Waals surface area contributed by atoms with Gasteiger partial charge in [0.1, 0.15) is 0 Å². The Balaban J connectivity index is 2.10. The van der Waals surface area contributed by atoms with Crippen LogP contribution in [0.3, 0.4) is 0 Å². The molecule has 1 aromatic rings. The Morgan fingerprint density at radius 2 is 2.16 bits per heavy atom. The number of H-pyrrole nitrogens is 1. The van der Waals surface area contributed by atoms with E-state index in [2.05, 4.69) is 9.97 Å². The number of carbonyl (C=O) groups excluding carboxylic acids is 1. The molecule has 1 fully saturated rings. The highest BCUT2D eigenvalue weighted by molar-refractivity contribution is 7.89.